The fourth-order valence-electron chi connectivity index (χ4n) is 3.26. The molecule has 0 atom stereocenters. The number of piperazine rings is 1. The van der Waals surface area contributed by atoms with E-state index in [4.69, 9.17) is 0 Å². The number of aryl methyl sites for hydroxylation is 1. The van der Waals surface area contributed by atoms with Gasteiger partial charge in [-0.2, -0.15) is 0 Å². The first-order valence-electron chi connectivity index (χ1n) is 9.43. The molecule has 6 heteroatoms. The minimum Gasteiger partial charge on any atom is -0.362 e. The molecule has 1 fully saturated rings. The molecule has 1 aliphatic heterocycles. The van der Waals surface area contributed by atoms with E-state index in [1.54, 1.807) is 11.3 Å². The number of aromatic nitrogens is 1. The molecule has 2 aromatic rings. The predicted octanol–water partition coefficient (Wildman–Crippen LogP) is 2.88. The number of carbonyl (C=O) groups is 1. The Hall–Kier alpha value is -1.92. The van der Waals surface area contributed by atoms with E-state index in [1.165, 1.54) is 5.01 Å². The average Bonchev–Trinajstić information content (AvgIpc) is 3.14. The second-order valence-corrected chi connectivity index (χ2v) is 7.54. The maximum absolute atomic E-state index is 12.7. The van der Waals surface area contributed by atoms with Crippen molar-refractivity contribution in [3.05, 3.63) is 46.4 Å². The summed E-state index contributed by atoms with van der Waals surface area (Å²) in [6.07, 6.45) is 1.00. The topological polar surface area (TPSA) is 39.7 Å². The van der Waals surface area contributed by atoms with Crippen LogP contribution in [0.1, 0.15) is 24.5 Å². The van der Waals surface area contributed by atoms with Crippen LogP contribution in [-0.2, 0) is 17.8 Å². The molecule has 140 valence electrons. The van der Waals surface area contributed by atoms with E-state index in [-0.39, 0.29) is 5.91 Å². The molecule has 0 spiro atoms. The summed E-state index contributed by atoms with van der Waals surface area (Å²) in [4.78, 5) is 23.9. The Morgan fingerprint density at radius 3 is 2.50 bits per heavy atom. The van der Waals surface area contributed by atoms with E-state index in [9.17, 15) is 4.79 Å². The van der Waals surface area contributed by atoms with Gasteiger partial charge in [0.25, 0.3) is 0 Å². The molecule has 3 rings (SSSR count). The van der Waals surface area contributed by atoms with Gasteiger partial charge in [-0.15, -0.1) is 11.3 Å². The number of rotatable bonds is 7. The van der Waals surface area contributed by atoms with Crippen LogP contribution in [0.2, 0.25) is 0 Å². The standard InChI is InChI=1S/C20H28N4OS/c1-3-19-21-17(16-26-19)14-22-10-12-24(13-11-22)20(25)15-23(4-2)18-8-6-5-7-9-18/h5-9,16H,3-4,10-15H2,1-2H3. The van der Waals surface area contributed by atoms with Crippen LogP contribution < -0.4 is 4.90 Å². The van der Waals surface area contributed by atoms with Crippen molar-refractivity contribution in [2.24, 2.45) is 0 Å². The first-order valence-corrected chi connectivity index (χ1v) is 10.3. The Morgan fingerprint density at radius 1 is 1.15 bits per heavy atom. The van der Waals surface area contributed by atoms with Gasteiger partial charge < -0.3 is 9.80 Å². The van der Waals surface area contributed by atoms with Crippen molar-refractivity contribution < 1.29 is 4.79 Å². The molecule has 0 saturated carbocycles. The second-order valence-electron chi connectivity index (χ2n) is 6.59. The number of benzene rings is 1. The highest BCUT2D eigenvalue weighted by molar-refractivity contribution is 7.09. The molecule has 26 heavy (non-hydrogen) atoms. The van der Waals surface area contributed by atoms with Gasteiger partial charge in [0.2, 0.25) is 5.91 Å². The van der Waals surface area contributed by atoms with Crippen LogP contribution in [0.5, 0.6) is 0 Å². The molecule has 1 aromatic heterocycles. The quantitative estimate of drug-likeness (QED) is 0.749. The zero-order chi connectivity index (χ0) is 18.4. The van der Waals surface area contributed by atoms with Gasteiger partial charge in [0.05, 0.1) is 17.2 Å². The van der Waals surface area contributed by atoms with E-state index >= 15 is 0 Å². The minimum absolute atomic E-state index is 0.220. The Morgan fingerprint density at radius 2 is 1.88 bits per heavy atom. The number of amides is 1. The molecule has 1 saturated heterocycles. The van der Waals surface area contributed by atoms with Gasteiger partial charge in [-0.3, -0.25) is 9.69 Å². The summed E-state index contributed by atoms with van der Waals surface area (Å²) in [5, 5.41) is 3.37. The van der Waals surface area contributed by atoms with Crippen LogP contribution in [0.15, 0.2) is 35.7 Å². The van der Waals surface area contributed by atoms with Crippen molar-refractivity contribution in [1.29, 1.82) is 0 Å². The van der Waals surface area contributed by atoms with E-state index in [1.807, 2.05) is 23.1 Å². The largest absolute Gasteiger partial charge is 0.362 e. The monoisotopic (exact) mass is 372 g/mol. The van der Waals surface area contributed by atoms with Crippen LogP contribution in [-0.4, -0.2) is 60.0 Å². The average molecular weight is 373 g/mol. The van der Waals surface area contributed by atoms with E-state index < -0.39 is 0 Å². The van der Waals surface area contributed by atoms with Crippen LogP contribution >= 0.6 is 11.3 Å². The number of likely N-dealkylation sites (N-methyl/N-ethyl adjacent to an activating group) is 1. The summed E-state index contributed by atoms with van der Waals surface area (Å²) in [6.45, 7) is 9.85. The number of carbonyl (C=O) groups excluding carboxylic acids is 1. The molecule has 0 unspecified atom stereocenters. The smallest absolute Gasteiger partial charge is 0.242 e. The van der Waals surface area contributed by atoms with Crippen molar-refractivity contribution in [3.8, 4) is 0 Å². The predicted molar refractivity (Wildman–Crippen MR) is 108 cm³/mol. The summed E-state index contributed by atoms with van der Waals surface area (Å²) < 4.78 is 0. The molecule has 2 heterocycles. The minimum atomic E-state index is 0.220. The highest BCUT2D eigenvalue weighted by Gasteiger charge is 2.23. The lowest BCUT2D eigenvalue weighted by Crippen LogP contribution is -2.51. The second kappa shape index (κ2) is 9.14. The summed E-state index contributed by atoms with van der Waals surface area (Å²) in [7, 11) is 0. The molecule has 1 amide bonds. The van der Waals surface area contributed by atoms with Crippen LogP contribution in [0.3, 0.4) is 0 Å². The number of nitrogens with zero attached hydrogens (tertiary/aromatic N) is 4. The van der Waals surface area contributed by atoms with Gasteiger partial charge in [-0.05, 0) is 25.5 Å². The normalized spacial score (nSPS) is 15.2. The molecule has 0 aliphatic carbocycles. The van der Waals surface area contributed by atoms with Gasteiger partial charge in [0, 0.05) is 50.3 Å². The maximum Gasteiger partial charge on any atom is 0.242 e. The van der Waals surface area contributed by atoms with Gasteiger partial charge in [-0.25, -0.2) is 4.98 Å². The van der Waals surface area contributed by atoms with Crippen molar-refractivity contribution in [3.63, 3.8) is 0 Å². The Kier molecular flexibility index (Phi) is 6.63. The molecule has 0 bridgehead atoms. The number of anilines is 1. The highest BCUT2D eigenvalue weighted by atomic mass is 32.1. The van der Waals surface area contributed by atoms with Crippen molar-refractivity contribution >= 4 is 22.9 Å². The molecule has 1 aliphatic rings. The number of hydrogen-bond acceptors (Lipinski definition) is 5. The zero-order valence-corrected chi connectivity index (χ0v) is 16.5. The van der Waals surface area contributed by atoms with Crippen molar-refractivity contribution in [1.82, 2.24) is 14.8 Å². The third-order valence-electron chi connectivity index (χ3n) is 4.84. The Bertz CT molecular complexity index is 695. The lowest BCUT2D eigenvalue weighted by atomic mass is 10.2. The summed E-state index contributed by atoms with van der Waals surface area (Å²) in [5.41, 5.74) is 2.27. The first kappa shape index (κ1) is 18.9. The number of para-hydroxylation sites is 1. The van der Waals surface area contributed by atoms with Crippen LogP contribution in [0, 0.1) is 0 Å². The lowest BCUT2D eigenvalue weighted by molar-refractivity contribution is -0.131. The molecule has 0 N–H and O–H groups in total. The molecule has 0 radical (unpaired) electrons. The summed E-state index contributed by atoms with van der Waals surface area (Å²) in [6, 6.07) is 10.2. The summed E-state index contributed by atoms with van der Waals surface area (Å²) in [5.74, 6) is 0.220. The van der Waals surface area contributed by atoms with Gasteiger partial charge in [0.1, 0.15) is 0 Å². The summed E-state index contributed by atoms with van der Waals surface area (Å²) >= 11 is 1.74. The number of hydrogen-bond donors (Lipinski definition) is 0. The fourth-order valence-corrected chi connectivity index (χ4v) is 3.99. The van der Waals surface area contributed by atoms with Crippen molar-refractivity contribution in [2.45, 2.75) is 26.8 Å². The number of thiazole rings is 1. The van der Waals surface area contributed by atoms with Crippen LogP contribution in [0.4, 0.5) is 5.69 Å². The van der Waals surface area contributed by atoms with E-state index in [2.05, 4.69) is 46.1 Å². The fraction of sp³-hybridized carbons (Fsp3) is 0.500. The Labute approximate surface area is 160 Å². The van der Waals surface area contributed by atoms with Crippen molar-refractivity contribution in [2.75, 3.05) is 44.2 Å². The first-order chi connectivity index (χ1) is 12.7. The van der Waals surface area contributed by atoms with Gasteiger partial charge in [-0.1, -0.05) is 25.1 Å². The third-order valence-corrected chi connectivity index (χ3v) is 5.88. The van der Waals surface area contributed by atoms with E-state index in [0.717, 1.165) is 57.1 Å². The Balaban J connectivity index is 1.48. The highest BCUT2D eigenvalue weighted by Crippen LogP contribution is 2.15. The molecular weight excluding hydrogens is 344 g/mol. The van der Waals surface area contributed by atoms with Gasteiger partial charge in [0.15, 0.2) is 0 Å². The van der Waals surface area contributed by atoms with Crippen LogP contribution in [0.25, 0.3) is 0 Å². The molecular formula is C20H28N4OS. The zero-order valence-electron chi connectivity index (χ0n) is 15.7. The SMILES string of the molecule is CCc1nc(CN2CCN(C(=O)CN(CC)c3ccccc3)CC2)cs1. The molecule has 5 nitrogen and oxygen atoms in total. The third kappa shape index (κ3) is 4.83. The van der Waals surface area contributed by atoms with Gasteiger partial charge >= 0.3 is 0 Å². The van der Waals surface area contributed by atoms with E-state index in [0.29, 0.717) is 6.54 Å². The lowest BCUT2D eigenvalue weighted by Gasteiger charge is -2.35. The molecule has 1 aromatic carbocycles. The maximum atomic E-state index is 12.7.